The molecular weight excluding hydrogens is 522 g/mol. The Labute approximate surface area is 113 Å². The Morgan fingerprint density at radius 1 is 0.571 bits per heavy atom. The van der Waals surface area contributed by atoms with Gasteiger partial charge in [-0.3, -0.25) is 0 Å². The second kappa shape index (κ2) is 5.47. The third kappa shape index (κ3) is 4.44. The summed E-state index contributed by atoms with van der Waals surface area (Å²) in [4.78, 5) is 0. The third-order valence-corrected chi connectivity index (χ3v) is 16.0. The van der Waals surface area contributed by atoms with Crippen LogP contribution in [0.5, 0.6) is 0 Å². The molecule has 8 heteroatoms. The minimum atomic E-state index is -3.51. The summed E-state index contributed by atoms with van der Waals surface area (Å²) in [5.74, 6) is 0. The molecule has 0 spiro atoms. The number of benzene rings is 1. The average molecular weight is 526 g/mol. The van der Waals surface area contributed by atoms with Gasteiger partial charge in [-0.1, -0.05) is 0 Å². The molecule has 0 heterocycles. The molecule has 0 fully saturated rings. The van der Waals surface area contributed by atoms with Crippen molar-refractivity contribution in [3.8, 4) is 0 Å². The molecular formula is C6H4Cl6Sn2. The van der Waals surface area contributed by atoms with Gasteiger partial charge in [0, 0.05) is 0 Å². The first kappa shape index (κ1) is 14.6. The van der Waals surface area contributed by atoms with Crippen LogP contribution in [-0.2, 0) is 0 Å². The molecule has 1 aromatic rings. The average Bonchev–Trinajstić information content (AvgIpc) is 2.01. The summed E-state index contributed by atoms with van der Waals surface area (Å²) in [7, 11) is 35.3. The van der Waals surface area contributed by atoms with Crippen LogP contribution >= 0.6 is 53.5 Å². The van der Waals surface area contributed by atoms with E-state index in [1.54, 1.807) is 24.3 Å². The van der Waals surface area contributed by atoms with E-state index in [4.69, 9.17) is 53.5 Å². The summed E-state index contributed by atoms with van der Waals surface area (Å²) in [5.41, 5.74) is 0. The normalized spacial score (nSPS) is 13.0. The molecule has 0 nitrogen and oxygen atoms in total. The monoisotopic (exact) mass is 526 g/mol. The van der Waals surface area contributed by atoms with Gasteiger partial charge in [0.25, 0.3) is 0 Å². The zero-order valence-electron chi connectivity index (χ0n) is 6.58. The number of halogens is 6. The molecule has 0 unspecified atom stereocenters. The van der Waals surface area contributed by atoms with Gasteiger partial charge in [-0.2, -0.15) is 0 Å². The minimum absolute atomic E-state index is 0.772. The summed E-state index contributed by atoms with van der Waals surface area (Å²) in [6.07, 6.45) is 0. The molecule has 0 saturated carbocycles. The standard InChI is InChI=1S/C6H4.6ClH.2Sn/c1-2-4-6-5-3-1;;;;;;;;/h1-2,5-6H;6*1H;;/q;;;;;;;2*+3/p-6. The molecule has 0 saturated heterocycles. The van der Waals surface area contributed by atoms with Crippen molar-refractivity contribution in [1.82, 2.24) is 0 Å². The van der Waals surface area contributed by atoms with E-state index in [9.17, 15) is 0 Å². The van der Waals surface area contributed by atoms with Crippen molar-refractivity contribution in [2.24, 2.45) is 0 Å². The Morgan fingerprint density at radius 2 is 0.786 bits per heavy atom. The Balaban J connectivity index is 3.02. The first-order chi connectivity index (χ1) is 6.21. The quantitative estimate of drug-likeness (QED) is 0.519. The summed E-state index contributed by atoms with van der Waals surface area (Å²) < 4.78 is 1.54. The van der Waals surface area contributed by atoms with Crippen molar-refractivity contribution < 1.29 is 0 Å². The van der Waals surface area contributed by atoms with E-state index in [-0.39, 0.29) is 0 Å². The van der Waals surface area contributed by atoms with E-state index in [1.807, 2.05) is 0 Å². The van der Waals surface area contributed by atoms with E-state index in [0.29, 0.717) is 0 Å². The van der Waals surface area contributed by atoms with E-state index >= 15 is 0 Å². The predicted octanol–water partition coefficient (Wildman–Crippen LogP) is 3.41. The van der Waals surface area contributed by atoms with Crippen molar-refractivity contribution >= 4 is 90.7 Å². The van der Waals surface area contributed by atoms with Gasteiger partial charge in [-0.05, 0) is 0 Å². The van der Waals surface area contributed by atoms with E-state index in [2.05, 4.69) is 0 Å². The van der Waals surface area contributed by atoms with Gasteiger partial charge < -0.3 is 0 Å². The van der Waals surface area contributed by atoms with Crippen LogP contribution < -0.4 is 7.16 Å². The molecule has 0 aliphatic carbocycles. The van der Waals surface area contributed by atoms with Crippen LogP contribution in [0.25, 0.3) is 0 Å². The fraction of sp³-hybridized carbons (Fsp3) is 0. The molecule has 0 atom stereocenters. The van der Waals surface area contributed by atoms with Crippen LogP contribution in [0.3, 0.4) is 0 Å². The van der Waals surface area contributed by atoms with E-state index in [1.165, 1.54) is 0 Å². The van der Waals surface area contributed by atoms with Crippen LogP contribution in [-0.4, -0.2) is 30.0 Å². The van der Waals surface area contributed by atoms with Crippen LogP contribution in [0.1, 0.15) is 0 Å². The number of rotatable bonds is 2. The van der Waals surface area contributed by atoms with Gasteiger partial charge in [0.2, 0.25) is 0 Å². The van der Waals surface area contributed by atoms with Crippen LogP contribution in [0.2, 0.25) is 0 Å². The second-order valence-corrected chi connectivity index (χ2v) is 42.2. The fourth-order valence-corrected chi connectivity index (χ4v) is 9.03. The third-order valence-electron chi connectivity index (χ3n) is 1.54. The molecule has 1 rings (SSSR count). The molecule has 14 heavy (non-hydrogen) atoms. The summed E-state index contributed by atoms with van der Waals surface area (Å²) >= 11 is -7.02. The van der Waals surface area contributed by atoms with Crippen LogP contribution in [0.15, 0.2) is 24.3 Å². The molecule has 0 amide bonds. The van der Waals surface area contributed by atoms with Crippen molar-refractivity contribution in [2.75, 3.05) is 0 Å². The van der Waals surface area contributed by atoms with E-state index < -0.39 is 30.0 Å². The zero-order chi connectivity index (χ0) is 11.0. The first-order valence-corrected chi connectivity index (χ1v) is 28.0. The molecule has 0 radical (unpaired) electrons. The Hall–Kier alpha value is 2.56. The van der Waals surface area contributed by atoms with Gasteiger partial charge in [-0.25, -0.2) is 0 Å². The van der Waals surface area contributed by atoms with Crippen molar-refractivity contribution in [1.29, 1.82) is 0 Å². The van der Waals surface area contributed by atoms with Crippen molar-refractivity contribution in [3.05, 3.63) is 24.3 Å². The predicted molar refractivity (Wildman–Crippen MR) is 72.3 cm³/mol. The van der Waals surface area contributed by atoms with Crippen LogP contribution in [0.4, 0.5) is 0 Å². The first-order valence-electron chi connectivity index (χ1n) is 3.46. The molecule has 0 aliphatic rings. The molecule has 1 aromatic carbocycles. The maximum atomic E-state index is 5.88. The van der Waals surface area contributed by atoms with E-state index in [0.717, 1.165) is 7.16 Å². The SMILES string of the molecule is [Cl][Sn]([Cl])([Cl])[c]1cc[c]([Sn]([Cl])([Cl])[Cl])cc1. The van der Waals surface area contributed by atoms with Gasteiger partial charge in [0.15, 0.2) is 0 Å². The molecule has 0 N–H and O–H groups in total. The van der Waals surface area contributed by atoms with Gasteiger partial charge in [0.05, 0.1) is 0 Å². The summed E-state index contributed by atoms with van der Waals surface area (Å²) in [6, 6.07) is 6.99. The fourth-order valence-electron chi connectivity index (χ4n) is 0.848. The summed E-state index contributed by atoms with van der Waals surface area (Å²) in [6.45, 7) is 0. The van der Waals surface area contributed by atoms with Gasteiger partial charge >= 0.3 is 115 Å². The topological polar surface area (TPSA) is 0 Å². The maximum absolute atomic E-state index is 5.88. The number of hydrogen-bond acceptors (Lipinski definition) is 0. The molecule has 0 bridgehead atoms. The molecule has 0 aliphatic heterocycles. The van der Waals surface area contributed by atoms with Crippen molar-refractivity contribution in [2.45, 2.75) is 0 Å². The Bertz CT molecular complexity index is 278. The molecule has 78 valence electrons. The summed E-state index contributed by atoms with van der Waals surface area (Å²) in [5, 5.41) is 0. The van der Waals surface area contributed by atoms with Crippen molar-refractivity contribution in [3.63, 3.8) is 0 Å². The van der Waals surface area contributed by atoms with Crippen LogP contribution in [0, 0.1) is 0 Å². The molecule has 0 aromatic heterocycles. The Morgan fingerprint density at radius 3 is 0.929 bits per heavy atom. The number of hydrogen-bond donors (Lipinski definition) is 0. The zero-order valence-corrected chi connectivity index (χ0v) is 16.8. The Kier molecular flexibility index (Phi) is 5.71. The second-order valence-electron chi connectivity index (χ2n) is 2.57. The van der Waals surface area contributed by atoms with Gasteiger partial charge in [0.1, 0.15) is 0 Å². The van der Waals surface area contributed by atoms with Gasteiger partial charge in [-0.15, -0.1) is 0 Å².